The molecule has 3 rings (SSSR count). The second-order valence-corrected chi connectivity index (χ2v) is 7.21. The highest BCUT2D eigenvalue weighted by Crippen LogP contribution is 2.35. The molecule has 11 heteroatoms. The van der Waals surface area contributed by atoms with Gasteiger partial charge in [0, 0.05) is 23.3 Å². The Morgan fingerprint density at radius 2 is 1.64 bits per heavy atom. The van der Waals surface area contributed by atoms with E-state index in [9.17, 15) is 24.1 Å². The summed E-state index contributed by atoms with van der Waals surface area (Å²) in [5.74, 6) is 0. The summed E-state index contributed by atoms with van der Waals surface area (Å²) in [6, 6.07) is 13.6. The normalized spacial score (nSPS) is 17.2. The molecule has 2 aromatic rings. The predicted molar refractivity (Wildman–Crippen MR) is 79.9 cm³/mol. The highest BCUT2D eigenvalue weighted by molar-refractivity contribution is 8.25. The summed E-state index contributed by atoms with van der Waals surface area (Å²) < 4.78 is 37.8. The van der Waals surface area contributed by atoms with Crippen LogP contribution in [0.5, 0.6) is 0 Å². The van der Waals surface area contributed by atoms with Crippen molar-refractivity contribution in [2.45, 2.75) is 0 Å². The van der Waals surface area contributed by atoms with Crippen LogP contribution in [0, 0.1) is 20.4 Å². The third-order valence-electron chi connectivity index (χ3n) is 3.03. The minimum Gasteiger partial charge on any atom is -0.346 e. The molecular weight excluding hydrogens is 376 g/mol. The maximum atomic E-state index is 11.1. The summed E-state index contributed by atoms with van der Waals surface area (Å²) in [6.07, 6.45) is 0. The van der Waals surface area contributed by atoms with E-state index in [0.29, 0.717) is 11.1 Å². The molecule has 2 aromatic carbocycles. The Kier molecular flexibility index (Phi) is 4.81. The zero-order valence-corrected chi connectivity index (χ0v) is 13.8. The van der Waals surface area contributed by atoms with E-state index in [1.165, 1.54) is 24.3 Å². The van der Waals surface area contributed by atoms with Crippen LogP contribution < -0.4 is 14.0 Å². The monoisotopic (exact) mass is 384 g/mol. The van der Waals surface area contributed by atoms with E-state index in [1.54, 1.807) is 30.3 Å². The third kappa shape index (κ3) is 4.02. The fourth-order valence-corrected chi connectivity index (χ4v) is 4.16. The predicted octanol–water partition coefficient (Wildman–Crippen LogP) is -0.437. The van der Waals surface area contributed by atoms with Gasteiger partial charge in [-0.15, -0.1) is 0 Å². The molecule has 0 aromatic heterocycles. The lowest BCUT2D eigenvalue weighted by Gasteiger charge is -2.13. The van der Waals surface area contributed by atoms with Gasteiger partial charge >= 0.3 is 0 Å². The van der Waals surface area contributed by atoms with Crippen LogP contribution in [0.3, 0.4) is 0 Å². The summed E-state index contributed by atoms with van der Waals surface area (Å²) in [4.78, 5) is 15.3. The molecule has 0 N–H and O–H groups in total. The van der Waals surface area contributed by atoms with Crippen molar-refractivity contribution < 1.29 is 37.7 Å². The number of non-ortho nitro benzene ring substituents is 1. The second kappa shape index (κ2) is 6.88. The Hall–Kier alpha value is -2.34. The molecule has 1 heterocycles. The Morgan fingerprint density at radius 3 is 2.20 bits per heavy atom. The van der Waals surface area contributed by atoms with E-state index >= 15 is 0 Å². The number of nitro groups is 1. The highest BCUT2D eigenvalue weighted by atomic mass is 35.7. The SMILES string of the molecule is O=[N+]([O-])c1ccc(C2=NOC(c3ccccc3)=S2O[Cl+3]([O-])([O-])[O-])cc1. The molecule has 130 valence electrons. The van der Waals surface area contributed by atoms with Gasteiger partial charge in [-0.3, -0.25) is 10.1 Å². The van der Waals surface area contributed by atoms with Crippen LogP contribution >= 0.6 is 10.8 Å². The average molecular weight is 385 g/mol. The first-order valence-electron chi connectivity index (χ1n) is 6.62. The quantitative estimate of drug-likeness (QED) is 0.386. The van der Waals surface area contributed by atoms with E-state index in [4.69, 9.17) is 4.84 Å². The molecule has 1 unspecified atom stereocenters. The van der Waals surface area contributed by atoms with Crippen molar-refractivity contribution in [1.82, 2.24) is 0 Å². The molecule has 25 heavy (non-hydrogen) atoms. The lowest BCUT2D eigenvalue weighted by molar-refractivity contribution is -1.91. The van der Waals surface area contributed by atoms with Gasteiger partial charge in [0.15, 0.2) is 5.04 Å². The first kappa shape index (κ1) is 17.5. The average Bonchev–Trinajstić information content (AvgIpc) is 2.97. The second-order valence-electron chi connectivity index (χ2n) is 4.65. The first-order valence-corrected chi connectivity index (χ1v) is 9.01. The zero-order valence-electron chi connectivity index (χ0n) is 12.2. The van der Waals surface area contributed by atoms with Gasteiger partial charge in [0.2, 0.25) is 15.8 Å². The van der Waals surface area contributed by atoms with Gasteiger partial charge in [0.25, 0.3) is 5.69 Å². The molecule has 0 radical (unpaired) electrons. The van der Waals surface area contributed by atoms with Gasteiger partial charge < -0.3 is 4.84 Å². The van der Waals surface area contributed by atoms with Gasteiger partial charge in [-0.1, -0.05) is 35.5 Å². The van der Waals surface area contributed by atoms with Crippen LogP contribution in [0.2, 0.25) is 0 Å². The van der Waals surface area contributed by atoms with Gasteiger partial charge in [-0.2, -0.15) is 14.0 Å². The van der Waals surface area contributed by atoms with Gasteiger partial charge in [-0.25, -0.2) is 0 Å². The first-order chi connectivity index (χ1) is 11.8. The molecule has 9 nitrogen and oxygen atoms in total. The summed E-state index contributed by atoms with van der Waals surface area (Å²) in [7, 11) is -6.47. The fraction of sp³-hybridized carbons (Fsp3) is 0. The van der Waals surface area contributed by atoms with Crippen molar-refractivity contribution in [3.63, 3.8) is 0 Å². The van der Waals surface area contributed by atoms with Gasteiger partial charge in [0.05, 0.1) is 15.2 Å². The van der Waals surface area contributed by atoms with E-state index in [1.807, 2.05) is 0 Å². The molecule has 1 atom stereocenters. The Morgan fingerprint density at radius 1 is 1.00 bits per heavy atom. The minimum absolute atomic E-state index is 0.0423. The van der Waals surface area contributed by atoms with Crippen LogP contribution in [-0.4, -0.2) is 15.0 Å². The highest BCUT2D eigenvalue weighted by Gasteiger charge is 2.36. The number of oxime groups is 1. The van der Waals surface area contributed by atoms with E-state index in [0.717, 1.165) is 0 Å². The Labute approximate surface area is 145 Å². The molecule has 0 saturated carbocycles. The molecule has 1 aliphatic rings. The summed E-state index contributed by atoms with van der Waals surface area (Å²) in [5, 5.41) is 14.6. The summed E-state index contributed by atoms with van der Waals surface area (Å²) >= 11 is 0. The van der Waals surface area contributed by atoms with Crippen LogP contribution in [0.4, 0.5) is 5.69 Å². The molecule has 0 spiro atoms. The lowest BCUT2D eigenvalue weighted by atomic mass is 10.2. The lowest BCUT2D eigenvalue weighted by Crippen LogP contribution is -2.60. The summed E-state index contributed by atoms with van der Waals surface area (Å²) in [6.45, 7) is 0. The summed E-state index contributed by atoms with van der Waals surface area (Å²) in [5.41, 5.74) is 0.676. The molecule has 0 saturated heterocycles. The van der Waals surface area contributed by atoms with Crippen LogP contribution in [0.1, 0.15) is 11.1 Å². The molecule has 1 aliphatic heterocycles. The molecule has 0 aliphatic carbocycles. The van der Waals surface area contributed by atoms with Crippen LogP contribution in [0.25, 0.3) is 0 Å². The third-order valence-corrected chi connectivity index (χ3v) is 5.46. The van der Waals surface area contributed by atoms with Crippen LogP contribution in [0.15, 0.2) is 59.8 Å². The van der Waals surface area contributed by atoms with Crippen molar-refractivity contribution in [2.75, 3.05) is 0 Å². The number of nitrogens with zero attached hydrogens (tertiary/aromatic N) is 2. The van der Waals surface area contributed by atoms with Crippen molar-refractivity contribution in [3.8, 4) is 0 Å². The number of benzene rings is 2. The Bertz CT molecular complexity index is 863. The molecule has 0 fully saturated rings. The van der Waals surface area contributed by atoms with Crippen molar-refractivity contribution in [3.05, 3.63) is 75.8 Å². The number of halogens is 1. The van der Waals surface area contributed by atoms with E-state index < -0.39 is 25.9 Å². The zero-order chi connectivity index (χ0) is 18.0. The minimum atomic E-state index is -4.74. The standard InChI is InChI=1S/C14H9ClN2O7S/c18-15(19,20)24-25-13(10-6-8-12(9-7-10)17(21)22)16-23-14(25)11-4-2-1-3-5-11/h1-9H. The fourth-order valence-electron chi connectivity index (χ4n) is 1.99. The maximum absolute atomic E-state index is 11.1. The topological polar surface area (TPSA) is 143 Å². The van der Waals surface area contributed by atoms with Crippen molar-refractivity contribution in [1.29, 1.82) is 0 Å². The van der Waals surface area contributed by atoms with Gasteiger partial charge in [-0.05, 0) is 12.1 Å². The van der Waals surface area contributed by atoms with Crippen molar-refractivity contribution in [2.24, 2.45) is 5.16 Å². The maximum Gasteiger partial charge on any atom is 0.269 e. The molecule has 0 bridgehead atoms. The number of nitro benzene ring substituents is 1. The number of hydrogen-bond acceptors (Lipinski definition) is 8. The van der Waals surface area contributed by atoms with E-state index in [-0.39, 0.29) is 15.8 Å². The van der Waals surface area contributed by atoms with Crippen LogP contribution in [-0.2, 0) is 8.57 Å². The largest absolute Gasteiger partial charge is 0.346 e. The molecule has 0 amide bonds. The van der Waals surface area contributed by atoms with Crippen molar-refractivity contribution >= 4 is 26.5 Å². The van der Waals surface area contributed by atoms with E-state index in [2.05, 4.69) is 8.89 Å². The molecular formula is C14H9ClN2O7S. The smallest absolute Gasteiger partial charge is 0.269 e. The van der Waals surface area contributed by atoms with Gasteiger partial charge in [0.1, 0.15) is 3.74 Å². The number of rotatable bonds is 5. The number of hydrogen-bond donors (Lipinski definition) is 0. The Balaban J connectivity index is 2.03.